The number of rotatable bonds is 3. The van der Waals surface area contributed by atoms with Crippen LogP contribution < -0.4 is 10.6 Å². The number of carbonyl (C=O) groups is 2. The molecule has 2 heterocycles. The van der Waals surface area contributed by atoms with Crippen molar-refractivity contribution in [3.63, 3.8) is 0 Å². The van der Waals surface area contributed by atoms with Gasteiger partial charge in [-0.05, 0) is 30.1 Å². The van der Waals surface area contributed by atoms with E-state index in [1.165, 1.54) is 0 Å². The fourth-order valence-corrected chi connectivity index (χ4v) is 5.07. The summed E-state index contributed by atoms with van der Waals surface area (Å²) in [7, 11) is 0. The van der Waals surface area contributed by atoms with Gasteiger partial charge in [0.15, 0.2) is 0 Å². The molecular weight excluding hydrogens is 360 g/mol. The smallest absolute Gasteiger partial charge is 0.317 e. The first-order chi connectivity index (χ1) is 13.3. The molecule has 3 aliphatic rings. The Morgan fingerprint density at radius 2 is 1.43 bits per heavy atom. The van der Waals surface area contributed by atoms with Crippen LogP contribution in [0.1, 0.15) is 40.0 Å². The highest BCUT2D eigenvalue weighted by Crippen LogP contribution is 2.45. The molecular formula is C20H36N4O4. The van der Waals surface area contributed by atoms with Crippen LogP contribution in [0.4, 0.5) is 9.59 Å². The summed E-state index contributed by atoms with van der Waals surface area (Å²) in [5.41, 5.74) is 0.0618. The first-order valence-corrected chi connectivity index (χ1v) is 10.5. The zero-order chi connectivity index (χ0) is 20.2. The van der Waals surface area contributed by atoms with E-state index in [2.05, 4.69) is 31.4 Å². The van der Waals surface area contributed by atoms with Crippen LogP contribution in [0.2, 0.25) is 0 Å². The van der Waals surface area contributed by atoms with Gasteiger partial charge in [-0.2, -0.15) is 0 Å². The van der Waals surface area contributed by atoms with Crippen molar-refractivity contribution in [2.75, 3.05) is 59.2 Å². The van der Waals surface area contributed by atoms with Crippen LogP contribution >= 0.6 is 0 Å². The fourth-order valence-electron chi connectivity index (χ4n) is 5.07. The zero-order valence-electron chi connectivity index (χ0n) is 17.6. The Morgan fingerprint density at radius 3 is 2.00 bits per heavy atom. The monoisotopic (exact) mass is 396 g/mol. The van der Waals surface area contributed by atoms with Gasteiger partial charge in [0.25, 0.3) is 0 Å². The average molecular weight is 397 g/mol. The Morgan fingerprint density at radius 1 is 0.893 bits per heavy atom. The summed E-state index contributed by atoms with van der Waals surface area (Å²) in [6, 6.07) is 0.108. The predicted molar refractivity (Wildman–Crippen MR) is 106 cm³/mol. The molecule has 0 unspecified atom stereocenters. The second kappa shape index (κ2) is 8.86. The molecule has 0 aromatic rings. The van der Waals surface area contributed by atoms with E-state index in [-0.39, 0.29) is 28.9 Å². The van der Waals surface area contributed by atoms with Crippen molar-refractivity contribution >= 4 is 12.1 Å². The van der Waals surface area contributed by atoms with Crippen LogP contribution in [0.5, 0.6) is 0 Å². The summed E-state index contributed by atoms with van der Waals surface area (Å²) < 4.78 is 10.7. The van der Waals surface area contributed by atoms with Crippen molar-refractivity contribution in [1.29, 1.82) is 0 Å². The van der Waals surface area contributed by atoms with Crippen molar-refractivity contribution in [2.24, 2.45) is 10.8 Å². The molecule has 8 heteroatoms. The number of hydrogen-bond acceptors (Lipinski definition) is 4. The quantitative estimate of drug-likeness (QED) is 0.760. The molecule has 4 amide bonds. The third-order valence-electron chi connectivity index (χ3n) is 6.03. The summed E-state index contributed by atoms with van der Waals surface area (Å²) >= 11 is 0. The molecule has 160 valence electrons. The van der Waals surface area contributed by atoms with Gasteiger partial charge in [0.1, 0.15) is 0 Å². The van der Waals surface area contributed by atoms with Crippen molar-refractivity contribution in [3.05, 3.63) is 0 Å². The van der Waals surface area contributed by atoms with Crippen molar-refractivity contribution in [1.82, 2.24) is 20.4 Å². The number of ether oxygens (including phenoxy) is 2. The molecule has 2 atom stereocenters. The van der Waals surface area contributed by atoms with Crippen molar-refractivity contribution in [3.8, 4) is 0 Å². The van der Waals surface area contributed by atoms with Gasteiger partial charge in [0, 0.05) is 38.8 Å². The highest BCUT2D eigenvalue weighted by Gasteiger charge is 2.42. The van der Waals surface area contributed by atoms with E-state index in [1.54, 1.807) is 0 Å². The van der Waals surface area contributed by atoms with E-state index >= 15 is 0 Å². The van der Waals surface area contributed by atoms with Gasteiger partial charge < -0.3 is 29.9 Å². The maximum absolute atomic E-state index is 12.6. The third kappa shape index (κ3) is 5.73. The largest absolute Gasteiger partial charge is 0.378 e. The molecule has 0 aromatic heterocycles. The molecule has 0 spiro atoms. The first-order valence-electron chi connectivity index (χ1n) is 10.5. The fraction of sp³-hybridized carbons (Fsp3) is 0.900. The molecule has 28 heavy (non-hydrogen) atoms. The molecule has 0 aromatic carbocycles. The minimum atomic E-state index is -0.0490. The van der Waals surface area contributed by atoms with E-state index in [9.17, 15) is 9.59 Å². The molecule has 0 radical (unpaired) electrons. The Bertz CT molecular complexity index is 558. The lowest BCUT2D eigenvalue weighted by atomic mass is 9.62. The molecule has 2 N–H and O–H groups in total. The number of hydrogen-bond donors (Lipinski definition) is 2. The highest BCUT2D eigenvalue weighted by molar-refractivity contribution is 5.75. The van der Waals surface area contributed by atoms with Gasteiger partial charge >= 0.3 is 12.1 Å². The maximum atomic E-state index is 12.6. The number of amides is 4. The maximum Gasteiger partial charge on any atom is 0.317 e. The highest BCUT2D eigenvalue weighted by atomic mass is 16.5. The van der Waals surface area contributed by atoms with E-state index in [0.717, 1.165) is 19.3 Å². The number of nitrogens with zero attached hydrogens (tertiary/aromatic N) is 2. The van der Waals surface area contributed by atoms with Gasteiger partial charge in [0.2, 0.25) is 0 Å². The van der Waals surface area contributed by atoms with Gasteiger partial charge in [-0.25, -0.2) is 9.59 Å². The molecule has 3 fully saturated rings. The normalized spacial score (nSPS) is 30.6. The Hall–Kier alpha value is -1.54. The summed E-state index contributed by atoms with van der Waals surface area (Å²) in [5, 5.41) is 6.37. The topological polar surface area (TPSA) is 83.1 Å². The third-order valence-corrected chi connectivity index (χ3v) is 6.03. The summed E-state index contributed by atoms with van der Waals surface area (Å²) in [5.74, 6) is 0. The molecule has 1 aliphatic carbocycles. The Labute approximate surface area is 168 Å². The molecule has 8 nitrogen and oxygen atoms in total. The zero-order valence-corrected chi connectivity index (χ0v) is 17.6. The van der Waals surface area contributed by atoms with Crippen molar-refractivity contribution in [2.45, 2.75) is 46.1 Å². The number of carbonyl (C=O) groups excluding carboxylic acids is 2. The minimum absolute atomic E-state index is 0.00528. The van der Waals surface area contributed by atoms with E-state index in [0.29, 0.717) is 59.2 Å². The second-order valence-electron chi connectivity index (χ2n) is 9.56. The van der Waals surface area contributed by atoms with E-state index in [4.69, 9.17) is 9.47 Å². The van der Waals surface area contributed by atoms with Crippen LogP contribution in [-0.4, -0.2) is 87.1 Å². The standard InChI is InChI=1S/C20H36N4O4/c1-19(2)12-16(22-18(26)24-6-10-28-11-7-24)13-20(3,14-19)15-21-17(25)23-4-8-27-9-5-23/h16H,4-15H2,1-3H3,(H,21,25)(H,22,26)/t16-,20-/m1/s1. The Kier molecular flexibility index (Phi) is 6.70. The van der Waals surface area contributed by atoms with Gasteiger partial charge in [-0.1, -0.05) is 20.8 Å². The van der Waals surface area contributed by atoms with Crippen molar-refractivity contribution < 1.29 is 19.1 Å². The summed E-state index contributed by atoms with van der Waals surface area (Å²) in [6.07, 6.45) is 2.85. The summed E-state index contributed by atoms with van der Waals surface area (Å²) in [4.78, 5) is 28.8. The molecule has 2 aliphatic heterocycles. The predicted octanol–water partition coefficient (Wildman–Crippen LogP) is 1.66. The average Bonchev–Trinajstić information content (AvgIpc) is 2.66. The van der Waals surface area contributed by atoms with Gasteiger partial charge in [-0.15, -0.1) is 0 Å². The van der Waals surface area contributed by atoms with Gasteiger partial charge in [-0.3, -0.25) is 0 Å². The van der Waals surface area contributed by atoms with Crippen LogP contribution in [0.15, 0.2) is 0 Å². The Balaban J connectivity index is 1.55. The lowest BCUT2D eigenvalue weighted by Gasteiger charge is -2.47. The number of nitrogens with one attached hydrogen (secondary N) is 2. The molecule has 0 bridgehead atoms. The lowest BCUT2D eigenvalue weighted by Crippen LogP contribution is -2.55. The van der Waals surface area contributed by atoms with E-state index in [1.807, 2.05) is 9.80 Å². The van der Waals surface area contributed by atoms with E-state index < -0.39 is 0 Å². The number of morpholine rings is 2. The molecule has 3 rings (SSSR count). The van der Waals surface area contributed by atoms with Crippen LogP contribution in [0.25, 0.3) is 0 Å². The second-order valence-corrected chi connectivity index (χ2v) is 9.56. The molecule has 2 saturated heterocycles. The first kappa shape index (κ1) is 21.2. The van der Waals surface area contributed by atoms with Crippen LogP contribution in [0, 0.1) is 10.8 Å². The molecule has 1 saturated carbocycles. The number of urea groups is 2. The van der Waals surface area contributed by atoms with Crippen LogP contribution in [-0.2, 0) is 9.47 Å². The summed E-state index contributed by atoms with van der Waals surface area (Å²) in [6.45, 7) is 12.4. The van der Waals surface area contributed by atoms with Crippen LogP contribution in [0.3, 0.4) is 0 Å². The van der Waals surface area contributed by atoms with Gasteiger partial charge in [0.05, 0.1) is 26.4 Å². The SMILES string of the molecule is CC1(C)C[C@@H](NC(=O)N2CCOCC2)C[C@@](C)(CNC(=O)N2CCOCC2)C1. The lowest BCUT2D eigenvalue weighted by molar-refractivity contribution is 0.0422. The minimum Gasteiger partial charge on any atom is -0.378 e.